The maximum Gasteiger partial charge on any atom is 0.272 e. The van der Waals surface area contributed by atoms with E-state index in [2.05, 4.69) is 5.32 Å². The van der Waals surface area contributed by atoms with Crippen molar-refractivity contribution in [1.82, 2.24) is 4.57 Å². The molecular weight excluding hydrogens is 288 g/mol. The van der Waals surface area contributed by atoms with Crippen LogP contribution in [0.2, 0.25) is 0 Å². The third kappa shape index (κ3) is 2.57. The van der Waals surface area contributed by atoms with Crippen molar-refractivity contribution in [2.24, 2.45) is 0 Å². The van der Waals surface area contributed by atoms with Gasteiger partial charge in [0.05, 0.1) is 5.69 Å². The predicted molar refractivity (Wildman–Crippen MR) is 93.1 cm³/mol. The summed E-state index contributed by atoms with van der Waals surface area (Å²) in [5.74, 6) is -0.137. The topological polar surface area (TPSA) is 54.3 Å². The summed E-state index contributed by atoms with van der Waals surface area (Å²) < 4.78 is 2.01. The van der Waals surface area contributed by atoms with Crippen LogP contribution in [0.1, 0.15) is 28.5 Å². The van der Waals surface area contributed by atoms with Crippen LogP contribution in [-0.4, -0.2) is 15.6 Å². The number of amides is 1. The van der Waals surface area contributed by atoms with Crippen LogP contribution in [0.15, 0.2) is 42.5 Å². The number of nitrogens with one attached hydrogen (secondary N) is 1. The monoisotopic (exact) mass is 308 g/mol. The van der Waals surface area contributed by atoms with E-state index in [1.807, 2.05) is 49.6 Å². The number of aryl methyl sites for hydroxylation is 3. The van der Waals surface area contributed by atoms with E-state index in [4.69, 9.17) is 0 Å². The molecule has 0 bridgehead atoms. The third-order valence-corrected chi connectivity index (χ3v) is 4.16. The van der Waals surface area contributed by atoms with Crippen LogP contribution >= 0.6 is 0 Å². The van der Waals surface area contributed by atoms with Gasteiger partial charge in [-0.2, -0.15) is 0 Å². The molecule has 0 aliphatic heterocycles. The first-order chi connectivity index (χ1) is 11.0. The zero-order valence-corrected chi connectivity index (χ0v) is 13.6. The molecule has 0 saturated carbocycles. The van der Waals surface area contributed by atoms with Gasteiger partial charge in [0.2, 0.25) is 0 Å². The minimum atomic E-state index is -0.207. The van der Waals surface area contributed by atoms with E-state index in [-0.39, 0.29) is 11.7 Å². The molecule has 0 aliphatic rings. The Morgan fingerprint density at radius 1 is 1.17 bits per heavy atom. The molecule has 0 spiro atoms. The van der Waals surface area contributed by atoms with Crippen LogP contribution in [0.25, 0.3) is 10.9 Å². The Labute approximate surface area is 135 Å². The number of fused-ring (bicyclic) bond motifs is 1. The van der Waals surface area contributed by atoms with Crippen LogP contribution in [0.4, 0.5) is 5.69 Å². The van der Waals surface area contributed by atoms with Crippen LogP contribution in [0.5, 0.6) is 5.75 Å². The number of aromatic hydroxyl groups is 1. The van der Waals surface area contributed by atoms with Gasteiger partial charge in [0.15, 0.2) is 0 Å². The molecule has 0 saturated heterocycles. The molecule has 2 N–H and O–H groups in total. The van der Waals surface area contributed by atoms with Crippen molar-refractivity contribution in [2.45, 2.75) is 27.3 Å². The van der Waals surface area contributed by atoms with E-state index < -0.39 is 0 Å². The molecule has 0 fully saturated rings. The Morgan fingerprint density at radius 2 is 1.91 bits per heavy atom. The maximum atomic E-state index is 12.8. The molecule has 4 nitrogen and oxygen atoms in total. The number of para-hydroxylation sites is 1. The molecule has 3 rings (SSSR count). The van der Waals surface area contributed by atoms with Crippen molar-refractivity contribution in [2.75, 3.05) is 5.32 Å². The smallest absolute Gasteiger partial charge is 0.272 e. The van der Waals surface area contributed by atoms with Gasteiger partial charge in [0.25, 0.3) is 5.91 Å². The van der Waals surface area contributed by atoms with Gasteiger partial charge in [-0.3, -0.25) is 4.79 Å². The fourth-order valence-corrected chi connectivity index (χ4v) is 3.03. The Hall–Kier alpha value is -2.75. The summed E-state index contributed by atoms with van der Waals surface area (Å²) in [5, 5.41) is 13.9. The molecule has 3 aromatic rings. The number of hydrogen-bond donors (Lipinski definition) is 2. The Balaban J connectivity index is 2.07. The lowest BCUT2D eigenvalue weighted by molar-refractivity contribution is 0.101. The first-order valence-electron chi connectivity index (χ1n) is 7.71. The van der Waals surface area contributed by atoms with Crippen molar-refractivity contribution in [3.05, 3.63) is 59.3 Å². The van der Waals surface area contributed by atoms with E-state index in [9.17, 15) is 9.90 Å². The van der Waals surface area contributed by atoms with E-state index in [1.54, 1.807) is 18.2 Å². The van der Waals surface area contributed by atoms with Crippen molar-refractivity contribution >= 4 is 22.5 Å². The van der Waals surface area contributed by atoms with E-state index >= 15 is 0 Å². The molecule has 1 amide bonds. The van der Waals surface area contributed by atoms with Crippen LogP contribution in [-0.2, 0) is 6.54 Å². The first-order valence-corrected chi connectivity index (χ1v) is 7.71. The standard InChI is InChI=1S/C19H20N2O2/c1-4-21-16-8-6-5-7-14(16)13(3)18(21)19(23)20-15-11-12(2)9-10-17(15)22/h5-11,22H,4H2,1-3H3,(H,20,23). The molecule has 2 aromatic carbocycles. The first kappa shape index (κ1) is 15.2. The zero-order chi connectivity index (χ0) is 16.6. The van der Waals surface area contributed by atoms with Gasteiger partial charge >= 0.3 is 0 Å². The molecule has 4 heteroatoms. The lowest BCUT2D eigenvalue weighted by atomic mass is 10.1. The largest absolute Gasteiger partial charge is 0.506 e. The number of phenols is 1. The molecular formula is C19H20N2O2. The highest BCUT2D eigenvalue weighted by Gasteiger charge is 2.20. The second kappa shape index (κ2) is 5.80. The summed E-state index contributed by atoms with van der Waals surface area (Å²) >= 11 is 0. The highest BCUT2D eigenvalue weighted by Crippen LogP contribution is 2.28. The van der Waals surface area contributed by atoms with Crippen molar-refractivity contribution in [3.8, 4) is 5.75 Å². The fraction of sp³-hybridized carbons (Fsp3) is 0.211. The molecule has 0 atom stereocenters. The average Bonchev–Trinajstić information content (AvgIpc) is 2.83. The number of anilines is 1. The summed E-state index contributed by atoms with van der Waals surface area (Å²) in [5.41, 5.74) is 4.04. The second-order valence-corrected chi connectivity index (χ2v) is 5.71. The quantitative estimate of drug-likeness (QED) is 0.711. The third-order valence-electron chi connectivity index (χ3n) is 4.16. The lowest BCUT2D eigenvalue weighted by Crippen LogP contribution is -2.18. The minimum absolute atomic E-state index is 0.0702. The zero-order valence-electron chi connectivity index (χ0n) is 13.6. The summed E-state index contributed by atoms with van der Waals surface area (Å²) in [7, 11) is 0. The van der Waals surface area contributed by atoms with Gasteiger partial charge in [0, 0.05) is 17.4 Å². The van der Waals surface area contributed by atoms with Crippen LogP contribution in [0.3, 0.4) is 0 Å². The molecule has 0 aliphatic carbocycles. The van der Waals surface area contributed by atoms with Gasteiger partial charge in [-0.1, -0.05) is 24.3 Å². The number of carbonyl (C=O) groups excluding carboxylic acids is 1. The van der Waals surface area contributed by atoms with Crippen molar-refractivity contribution in [3.63, 3.8) is 0 Å². The van der Waals surface area contributed by atoms with Gasteiger partial charge in [0.1, 0.15) is 11.4 Å². The predicted octanol–water partition coefficient (Wildman–Crippen LogP) is 4.24. The Bertz CT molecular complexity index is 894. The number of aromatic nitrogens is 1. The number of rotatable bonds is 3. The average molecular weight is 308 g/mol. The van der Waals surface area contributed by atoms with Crippen LogP contribution < -0.4 is 5.32 Å². The number of nitrogens with zero attached hydrogens (tertiary/aromatic N) is 1. The van der Waals surface area contributed by atoms with Gasteiger partial charge in [-0.05, 0) is 50.1 Å². The van der Waals surface area contributed by atoms with Crippen molar-refractivity contribution in [1.29, 1.82) is 0 Å². The Kier molecular flexibility index (Phi) is 3.82. The lowest BCUT2D eigenvalue weighted by Gasteiger charge is -2.11. The molecule has 23 heavy (non-hydrogen) atoms. The van der Waals surface area contributed by atoms with Crippen LogP contribution in [0, 0.1) is 13.8 Å². The SMILES string of the molecule is CCn1c(C(=O)Nc2cc(C)ccc2O)c(C)c2ccccc21. The number of phenolic OH excluding ortho intramolecular Hbond substituents is 1. The summed E-state index contributed by atoms with van der Waals surface area (Å²) in [6, 6.07) is 13.2. The fourth-order valence-electron chi connectivity index (χ4n) is 3.03. The van der Waals surface area contributed by atoms with Gasteiger partial charge in [-0.25, -0.2) is 0 Å². The maximum absolute atomic E-state index is 12.8. The number of hydrogen-bond acceptors (Lipinski definition) is 2. The molecule has 1 heterocycles. The van der Waals surface area contributed by atoms with Crippen molar-refractivity contribution < 1.29 is 9.90 Å². The van der Waals surface area contributed by atoms with Gasteiger partial charge < -0.3 is 15.0 Å². The second-order valence-electron chi connectivity index (χ2n) is 5.71. The van der Waals surface area contributed by atoms with Gasteiger partial charge in [-0.15, -0.1) is 0 Å². The van der Waals surface area contributed by atoms with E-state index in [0.29, 0.717) is 17.9 Å². The number of carbonyl (C=O) groups is 1. The summed E-state index contributed by atoms with van der Waals surface area (Å²) in [6.07, 6.45) is 0. The molecule has 0 radical (unpaired) electrons. The highest BCUT2D eigenvalue weighted by molar-refractivity contribution is 6.08. The Morgan fingerprint density at radius 3 is 2.65 bits per heavy atom. The molecule has 118 valence electrons. The summed E-state index contributed by atoms with van der Waals surface area (Å²) in [4.78, 5) is 12.8. The minimum Gasteiger partial charge on any atom is -0.506 e. The summed E-state index contributed by atoms with van der Waals surface area (Å²) in [6.45, 7) is 6.60. The van der Waals surface area contributed by atoms with E-state index in [0.717, 1.165) is 22.0 Å². The van der Waals surface area contributed by atoms with E-state index in [1.165, 1.54) is 0 Å². The normalized spacial score (nSPS) is 10.9. The number of benzene rings is 2. The molecule has 0 unspecified atom stereocenters. The highest BCUT2D eigenvalue weighted by atomic mass is 16.3. The molecule has 1 aromatic heterocycles.